The van der Waals surface area contributed by atoms with Crippen molar-refractivity contribution in [2.45, 2.75) is 45.2 Å². The maximum atomic E-state index is 11.0. The van der Waals surface area contributed by atoms with Crippen LogP contribution >= 0.6 is 0 Å². The van der Waals surface area contributed by atoms with Crippen LogP contribution in [0.15, 0.2) is 18.2 Å². The highest BCUT2D eigenvalue weighted by molar-refractivity contribution is 5.49. The number of nitro groups is 1. The number of hydrogen-bond acceptors (Lipinski definition) is 5. The third kappa shape index (κ3) is 2.36. The first kappa shape index (κ1) is 14.7. The summed E-state index contributed by atoms with van der Waals surface area (Å²) in [7, 11) is 1.40. The second kappa shape index (κ2) is 4.71. The van der Waals surface area contributed by atoms with Gasteiger partial charge in [0.1, 0.15) is 0 Å². The highest BCUT2D eigenvalue weighted by Crippen LogP contribution is 2.45. The molecule has 1 fully saturated rings. The summed E-state index contributed by atoms with van der Waals surface area (Å²) in [5, 5.41) is 11.0. The van der Waals surface area contributed by atoms with Gasteiger partial charge in [-0.3, -0.25) is 10.1 Å². The Labute approximate surface area is 117 Å². The SMILES string of the molecule is COc1ccc(C2OC(C)(C)C(C)(C)O2)cc1[N+](=O)[O-]. The molecule has 1 aromatic rings. The third-order valence-corrected chi connectivity index (χ3v) is 3.93. The van der Waals surface area contributed by atoms with Gasteiger partial charge < -0.3 is 14.2 Å². The molecule has 0 N–H and O–H groups in total. The first-order chi connectivity index (χ1) is 9.18. The Balaban J connectivity index is 2.36. The van der Waals surface area contributed by atoms with Crippen LogP contribution in [-0.2, 0) is 9.47 Å². The molecular formula is C14H19NO5. The Morgan fingerprint density at radius 3 is 2.20 bits per heavy atom. The molecule has 0 bridgehead atoms. The van der Waals surface area contributed by atoms with Gasteiger partial charge in [-0.2, -0.15) is 0 Å². The first-order valence-electron chi connectivity index (χ1n) is 6.36. The molecule has 0 aliphatic carbocycles. The van der Waals surface area contributed by atoms with Gasteiger partial charge >= 0.3 is 5.69 Å². The highest BCUT2D eigenvalue weighted by Gasteiger charge is 2.49. The monoisotopic (exact) mass is 281 g/mol. The molecule has 0 radical (unpaired) electrons. The minimum Gasteiger partial charge on any atom is -0.490 e. The van der Waals surface area contributed by atoms with Crippen molar-refractivity contribution in [3.8, 4) is 5.75 Å². The van der Waals surface area contributed by atoms with Crippen molar-refractivity contribution >= 4 is 5.69 Å². The van der Waals surface area contributed by atoms with Crippen molar-refractivity contribution < 1.29 is 19.1 Å². The summed E-state index contributed by atoms with van der Waals surface area (Å²) in [6.45, 7) is 7.74. The average molecular weight is 281 g/mol. The van der Waals surface area contributed by atoms with E-state index in [-0.39, 0.29) is 11.4 Å². The average Bonchev–Trinajstić information content (AvgIpc) is 2.57. The largest absolute Gasteiger partial charge is 0.490 e. The van der Waals surface area contributed by atoms with E-state index in [9.17, 15) is 10.1 Å². The van der Waals surface area contributed by atoms with Crippen molar-refractivity contribution in [3.63, 3.8) is 0 Å². The van der Waals surface area contributed by atoms with E-state index in [1.165, 1.54) is 13.2 Å². The molecular weight excluding hydrogens is 262 g/mol. The lowest BCUT2D eigenvalue weighted by Crippen LogP contribution is -2.41. The molecule has 110 valence electrons. The first-order valence-corrected chi connectivity index (χ1v) is 6.36. The van der Waals surface area contributed by atoms with Crippen molar-refractivity contribution in [1.82, 2.24) is 0 Å². The van der Waals surface area contributed by atoms with Gasteiger partial charge in [0.25, 0.3) is 0 Å². The molecule has 0 unspecified atom stereocenters. The fourth-order valence-electron chi connectivity index (χ4n) is 1.98. The van der Waals surface area contributed by atoms with Gasteiger partial charge in [-0.25, -0.2) is 0 Å². The van der Waals surface area contributed by atoms with Crippen LogP contribution in [0.1, 0.15) is 39.5 Å². The van der Waals surface area contributed by atoms with Crippen LogP contribution in [0.25, 0.3) is 0 Å². The zero-order valence-electron chi connectivity index (χ0n) is 12.3. The standard InChI is InChI=1S/C14H19NO5/c1-13(2)14(3,4)20-12(19-13)9-6-7-11(18-5)10(8-9)15(16)17/h6-8,12H,1-5H3. The maximum Gasteiger partial charge on any atom is 0.311 e. The summed E-state index contributed by atoms with van der Waals surface area (Å²) in [6, 6.07) is 4.70. The third-order valence-electron chi connectivity index (χ3n) is 3.93. The molecule has 1 aromatic carbocycles. The van der Waals surface area contributed by atoms with Crippen LogP contribution in [0.2, 0.25) is 0 Å². The smallest absolute Gasteiger partial charge is 0.311 e. The Kier molecular flexibility index (Phi) is 3.47. The molecule has 0 atom stereocenters. The molecule has 1 aliphatic heterocycles. The van der Waals surface area contributed by atoms with Crippen molar-refractivity contribution in [3.05, 3.63) is 33.9 Å². The number of methoxy groups -OCH3 is 1. The number of ether oxygens (including phenoxy) is 3. The van der Waals surface area contributed by atoms with Crippen LogP contribution < -0.4 is 4.74 Å². The van der Waals surface area contributed by atoms with E-state index in [2.05, 4.69) is 0 Å². The fourth-order valence-corrected chi connectivity index (χ4v) is 1.98. The Hall–Kier alpha value is -1.66. The predicted octanol–water partition coefficient (Wildman–Crippen LogP) is 3.21. The Morgan fingerprint density at radius 2 is 1.75 bits per heavy atom. The van der Waals surface area contributed by atoms with Gasteiger partial charge in [-0.1, -0.05) is 0 Å². The summed E-state index contributed by atoms with van der Waals surface area (Å²) < 4.78 is 16.7. The molecule has 6 heteroatoms. The molecule has 20 heavy (non-hydrogen) atoms. The van der Waals surface area contributed by atoms with E-state index in [1.54, 1.807) is 12.1 Å². The van der Waals surface area contributed by atoms with Gasteiger partial charge in [-0.05, 0) is 39.8 Å². The fraction of sp³-hybridized carbons (Fsp3) is 0.571. The van der Waals surface area contributed by atoms with Crippen LogP contribution in [0, 0.1) is 10.1 Å². The summed E-state index contributed by atoms with van der Waals surface area (Å²) in [4.78, 5) is 10.6. The molecule has 0 spiro atoms. The normalized spacial score (nSPS) is 20.9. The van der Waals surface area contributed by atoms with Crippen molar-refractivity contribution in [2.75, 3.05) is 7.11 Å². The summed E-state index contributed by atoms with van der Waals surface area (Å²) in [5.74, 6) is 0.218. The van der Waals surface area contributed by atoms with E-state index in [1.807, 2.05) is 27.7 Å². The topological polar surface area (TPSA) is 70.8 Å². The zero-order chi connectivity index (χ0) is 15.1. The molecule has 1 saturated heterocycles. The lowest BCUT2D eigenvalue weighted by Gasteiger charge is -2.30. The second-order valence-corrected chi connectivity index (χ2v) is 5.78. The van der Waals surface area contributed by atoms with Crippen LogP contribution in [0.5, 0.6) is 5.75 Å². The van der Waals surface area contributed by atoms with Gasteiger partial charge in [-0.15, -0.1) is 0 Å². The molecule has 0 aromatic heterocycles. The van der Waals surface area contributed by atoms with Gasteiger partial charge in [0, 0.05) is 11.6 Å². The molecule has 2 rings (SSSR count). The predicted molar refractivity (Wildman–Crippen MR) is 72.7 cm³/mol. The van der Waals surface area contributed by atoms with Crippen LogP contribution in [0.4, 0.5) is 5.69 Å². The summed E-state index contributed by atoms with van der Waals surface area (Å²) >= 11 is 0. The number of nitro benzene ring substituents is 1. The zero-order valence-corrected chi connectivity index (χ0v) is 12.3. The lowest BCUT2D eigenvalue weighted by molar-refractivity contribution is -0.385. The Bertz CT molecular complexity index is 522. The minimum absolute atomic E-state index is 0.0975. The quantitative estimate of drug-likeness (QED) is 0.628. The number of nitrogens with zero attached hydrogens (tertiary/aromatic N) is 1. The number of hydrogen-bond donors (Lipinski definition) is 0. The van der Waals surface area contributed by atoms with Gasteiger partial charge in [0.15, 0.2) is 12.0 Å². The molecule has 0 amide bonds. The molecule has 6 nitrogen and oxygen atoms in total. The lowest BCUT2D eigenvalue weighted by atomic mass is 9.90. The van der Waals surface area contributed by atoms with E-state index < -0.39 is 22.4 Å². The van der Waals surface area contributed by atoms with Crippen molar-refractivity contribution in [1.29, 1.82) is 0 Å². The van der Waals surface area contributed by atoms with E-state index in [0.717, 1.165) is 0 Å². The minimum atomic E-state index is -0.621. The van der Waals surface area contributed by atoms with E-state index in [4.69, 9.17) is 14.2 Å². The number of rotatable bonds is 3. The number of benzene rings is 1. The summed E-state index contributed by atoms with van der Waals surface area (Å²) in [5.41, 5.74) is -0.450. The highest BCUT2D eigenvalue weighted by atomic mass is 16.7. The van der Waals surface area contributed by atoms with Gasteiger partial charge in [0.2, 0.25) is 0 Å². The van der Waals surface area contributed by atoms with Crippen LogP contribution in [0.3, 0.4) is 0 Å². The molecule has 1 aliphatic rings. The van der Waals surface area contributed by atoms with E-state index in [0.29, 0.717) is 5.56 Å². The second-order valence-electron chi connectivity index (χ2n) is 5.78. The Morgan fingerprint density at radius 1 is 1.20 bits per heavy atom. The van der Waals surface area contributed by atoms with Gasteiger partial charge in [0.05, 0.1) is 23.2 Å². The maximum absolute atomic E-state index is 11.0. The molecule has 0 saturated carbocycles. The molecule has 1 heterocycles. The van der Waals surface area contributed by atoms with Crippen LogP contribution in [-0.4, -0.2) is 23.2 Å². The van der Waals surface area contributed by atoms with Crippen molar-refractivity contribution in [2.24, 2.45) is 0 Å². The summed E-state index contributed by atoms with van der Waals surface area (Å²) in [6.07, 6.45) is -0.621. The van der Waals surface area contributed by atoms with E-state index >= 15 is 0 Å².